The average Bonchev–Trinajstić information content (AvgIpc) is 3.25. The van der Waals surface area contributed by atoms with Gasteiger partial charge in [0.1, 0.15) is 0 Å². The summed E-state index contributed by atoms with van der Waals surface area (Å²) in [6, 6.07) is 1.36. The van der Waals surface area contributed by atoms with E-state index in [9.17, 15) is 4.79 Å². The van der Waals surface area contributed by atoms with E-state index in [1.165, 1.54) is 38.8 Å². The van der Waals surface area contributed by atoms with Crippen molar-refractivity contribution >= 4 is 30.7 Å². The van der Waals surface area contributed by atoms with E-state index in [1.54, 1.807) is 0 Å². The second-order valence-corrected chi connectivity index (χ2v) is 6.05. The zero-order chi connectivity index (χ0) is 12.4. The molecule has 2 heterocycles. The molecule has 4 nitrogen and oxygen atoms in total. The molecule has 0 aromatic carbocycles. The number of likely N-dealkylation sites (tertiary alicyclic amines) is 1. The Morgan fingerprint density at radius 3 is 2.25 bits per heavy atom. The highest BCUT2D eigenvalue weighted by Gasteiger charge is 2.32. The summed E-state index contributed by atoms with van der Waals surface area (Å²) in [7, 11) is 0. The summed E-state index contributed by atoms with van der Waals surface area (Å²) in [6.45, 7) is 3.35. The fraction of sp³-hybridized carbons (Fsp3) is 0.929. The number of rotatable bonds is 3. The van der Waals surface area contributed by atoms with Gasteiger partial charge in [-0.15, -0.1) is 24.8 Å². The molecule has 0 aromatic rings. The lowest BCUT2D eigenvalue weighted by molar-refractivity contribution is -0.124. The van der Waals surface area contributed by atoms with Crippen molar-refractivity contribution in [2.45, 2.75) is 63.1 Å². The Bertz CT molecular complexity index is 299. The molecule has 2 N–H and O–H groups in total. The van der Waals surface area contributed by atoms with Crippen molar-refractivity contribution in [1.82, 2.24) is 15.5 Å². The Morgan fingerprint density at radius 1 is 1.00 bits per heavy atom. The third-order valence-corrected chi connectivity index (χ3v) is 4.57. The first-order chi connectivity index (χ1) is 8.83. The highest BCUT2D eigenvalue weighted by Crippen LogP contribution is 2.29. The van der Waals surface area contributed by atoms with Gasteiger partial charge in [0.2, 0.25) is 5.91 Å². The number of nitrogens with one attached hydrogen (secondary N) is 2. The van der Waals surface area contributed by atoms with Crippen LogP contribution < -0.4 is 10.6 Å². The van der Waals surface area contributed by atoms with Crippen molar-refractivity contribution < 1.29 is 4.79 Å². The van der Waals surface area contributed by atoms with Crippen LogP contribution in [0.2, 0.25) is 0 Å². The zero-order valence-corrected chi connectivity index (χ0v) is 13.6. The standard InChI is InChI=1S/C14H25N3O.2ClH/c18-14(13-3-1-2-8-15-13)16-11-6-9-17(10-7-11)12-4-5-12;;/h11-13,15H,1-10H2,(H,16,18);2*1H/t13-;;/m1../s1. The second kappa shape index (κ2) is 8.42. The second-order valence-electron chi connectivity index (χ2n) is 6.05. The van der Waals surface area contributed by atoms with Crippen LogP contribution in [0.3, 0.4) is 0 Å². The fourth-order valence-corrected chi connectivity index (χ4v) is 3.23. The first-order valence-electron chi connectivity index (χ1n) is 7.61. The van der Waals surface area contributed by atoms with Crippen LogP contribution in [0.15, 0.2) is 0 Å². The van der Waals surface area contributed by atoms with E-state index < -0.39 is 0 Å². The number of hydrogen-bond acceptors (Lipinski definition) is 3. The van der Waals surface area contributed by atoms with E-state index >= 15 is 0 Å². The molecule has 2 saturated heterocycles. The van der Waals surface area contributed by atoms with Gasteiger partial charge in [-0.25, -0.2) is 0 Å². The summed E-state index contributed by atoms with van der Waals surface area (Å²) >= 11 is 0. The molecule has 0 spiro atoms. The van der Waals surface area contributed by atoms with E-state index in [-0.39, 0.29) is 36.8 Å². The van der Waals surface area contributed by atoms with Gasteiger partial charge in [0.25, 0.3) is 0 Å². The molecule has 2 aliphatic heterocycles. The summed E-state index contributed by atoms with van der Waals surface area (Å²) in [4.78, 5) is 14.7. The van der Waals surface area contributed by atoms with Crippen LogP contribution >= 0.6 is 24.8 Å². The third kappa shape index (κ3) is 4.76. The van der Waals surface area contributed by atoms with Gasteiger partial charge in [-0.2, -0.15) is 0 Å². The van der Waals surface area contributed by atoms with E-state index in [1.807, 2.05) is 0 Å². The quantitative estimate of drug-likeness (QED) is 0.831. The average molecular weight is 324 g/mol. The Kier molecular flexibility index (Phi) is 7.59. The third-order valence-electron chi connectivity index (χ3n) is 4.57. The predicted octanol–water partition coefficient (Wildman–Crippen LogP) is 1.72. The van der Waals surface area contributed by atoms with Crippen LogP contribution in [-0.2, 0) is 4.79 Å². The number of carbonyl (C=O) groups excluding carboxylic acids is 1. The van der Waals surface area contributed by atoms with Crippen molar-refractivity contribution in [3.05, 3.63) is 0 Å². The van der Waals surface area contributed by atoms with Crippen LogP contribution in [0.25, 0.3) is 0 Å². The van der Waals surface area contributed by atoms with Gasteiger partial charge in [0, 0.05) is 25.2 Å². The maximum atomic E-state index is 12.1. The molecule has 1 aliphatic carbocycles. The van der Waals surface area contributed by atoms with Gasteiger partial charge in [-0.3, -0.25) is 4.79 Å². The van der Waals surface area contributed by atoms with Crippen LogP contribution in [0.1, 0.15) is 44.9 Å². The van der Waals surface area contributed by atoms with E-state index in [0.717, 1.165) is 31.8 Å². The molecule has 118 valence electrons. The Labute approximate surface area is 134 Å². The first-order valence-corrected chi connectivity index (χ1v) is 7.61. The SMILES string of the molecule is Cl.Cl.O=C(NC1CCN(C2CC2)CC1)[C@H]1CCCCN1. The van der Waals surface area contributed by atoms with Gasteiger partial charge >= 0.3 is 0 Å². The maximum absolute atomic E-state index is 12.1. The highest BCUT2D eigenvalue weighted by molar-refractivity contribution is 5.85. The van der Waals surface area contributed by atoms with Crippen LogP contribution in [0.4, 0.5) is 0 Å². The number of carbonyl (C=O) groups is 1. The Hall–Kier alpha value is -0.0300. The van der Waals surface area contributed by atoms with Gasteiger partial charge in [-0.1, -0.05) is 6.42 Å². The molecule has 3 fully saturated rings. The van der Waals surface area contributed by atoms with Crippen molar-refractivity contribution in [2.75, 3.05) is 19.6 Å². The molecule has 6 heteroatoms. The Balaban J connectivity index is 0.000001000. The molecule has 20 heavy (non-hydrogen) atoms. The van der Waals surface area contributed by atoms with E-state index in [0.29, 0.717) is 6.04 Å². The summed E-state index contributed by atoms with van der Waals surface area (Å²) in [6.07, 6.45) is 8.46. The minimum atomic E-state index is 0. The summed E-state index contributed by atoms with van der Waals surface area (Å²) < 4.78 is 0. The van der Waals surface area contributed by atoms with Gasteiger partial charge in [0.05, 0.1) is 6.04 Å². The molecule has 0 aromatic heterocycles. The molecule has 0 radical (unpaired) electrons. The molecule has 1 amide bonds. The smallest absolute Gasteiger partial charge is 0.237 e. The molecule has 1 saturated carbocycles. The lowest BCUT2D eigenvalue weighted by atomic mass is 10.0. The monoisotopic (exact) mass is 323 g/mol. The van der Waals surface area contributed by atoms with Gasteiger partial charge in [0.15, 0.2) is 0 Å². The molecule has 1 atom stereocenters. The van der Waals surface area contributed by atoms with Gasteiger partial charge in [-0.05, 0) is 45.1 Å². The number of amides is 1. The zero-order valence-electron chi connectivity index (χ0n) is 12.0. The van der Waals surface area contributed by atoms with Crippen LogP contribution in [-0.4, -0.2) is 48.6 Å². The van der Waals surface area contributed by atoms with Crippen LogP contribution in [0, 0.1) is 0 Å². The number of halogens is 2. The molecule has 3 rings (SSSR count). The number of nitrogens with zero attached hydrogens (tertiary/aromatic N) is 1. The maximum Gasteiger partial charge on any atom is 0.237 e. The van der Waals surface area contributed by atoms with Gasteiger partial charge < -0.3 is 15.5 Å². The lowest BCUT2D eigenvalue weighted by Gasteiger charge is -2.33. The number of hydrogen-bond donors (Lipinski definition) is 2. The van der Waals surface area contributed by atoms with E-state index in [2.05, 4.69) is 15.5 Å². The highest BCUT2D eigenvalue weighted by atomic mass is 35.5. The number of piperidine rings is 2. The molecule has 0 unspecified atom stereocenters. The largest absolute Gasteiger partial charge is 0.352 e. The summed E-state index contributed by atoms with van der Waals surface area (Å²) in [5, 5.41) is 6.56. The predicted molar refractivity (Wildman–Crippen MR) is 85.9 cm³/mol. The van der Waals surface area contributed by atoms with Crippen molar-refractivity contribution in [3.63, 3.8) is 0 Å². The Morgan fingerprint density at radius 2 is 1.70 bits per heavy atom. The topological polar surface area (TPSA) is 44.4 Å². The van der Waals surface area contributed by atoms with Crippen molar-refractivity contribution in [1.29, 1.82) is 0 Å². The van der Waals surface area contributed by atoms with E-state index in [4.69, 9.17) is 0 Å². The molecule has 0 bridgehead atoms. The first kappa shape index (κ1) is 18.0. The lowest BCUT2D eigenvalue weighted by Crippen LogP contribution is -2.52. The molecular formula is C14H27Cl2N3O. The molecule has 3 aliphatic rings. The minimum Gasteiger partial charge on any atom is -0.352 e. The summed E-state index contributed by atoms with van der Waals surface area (Å²) in [5.74, 6) is 0.236. The molecular weight excluding hydrogens is 297 g/mol. The van der Waals surface area contributed by atoms with Crippen molar-refractivity contribution in [3.8, 4) is 0 Å². The van der Waals surface area contributed by atoms with Crippen LogP contribution in [0.5, 0.6) is 0 Å². The fourth-order valence-electron chi connectivity index (χ4n) is 3.23. The normalized spacial score (nSPS) is 28.1. The minimum absolute atomic E-state index is 0. The summed E-state index contributed by atoms with van der Waals surface area (Å²) in [5.41, 5.74) is 0. The van der Waals surface area contributed by atoms with Crippen molar-refractivity contribution in [2.24, 2.45) is 0 Å².